The molecule has 2 aromatic rings. The zero-order valence-corrected chi connectivity index (χ0v) is 13.0. The third-order valence-corrected chi connectivity index (χ3v) is 3.50. The third kappa shape index (κ3) is 4.43. The Labute approximate surface area is 131 Å². The second-order valence-electron chi connectivity index (χ2n) is 4.22. The summed E-state index contributed by atoms with van der Waals surface area (Å²) in [6, 6.07) is 14.7. The molecule has 2 rings (SSSR count). The molecule has 0 N–H and O–H groups in total. The minimum Gasteiger partial charge on any atom is -0.465 e. The molecular formula is C16H14BrNO3. The molecule has 0 fully saturated rings. The van der Waals surface area contributed by atoms with Crippen molar-refractivity contribution in [3.8, 4) is 0 Å². The predicted molar refractivity (Wildman–Crippen MR) is 84.3 cm³/mol. The molecule has 21 heavy (non-hydrogen) atoms. The van der Waals surface area contributed by atoms with Crippen molar-refractivity contribution in [3.63, 3.8) is 0 Å². The fourth-order valence-electron chi connectivity index (χ4n) is 1.64. The van der Waals surface area contributed by atoms with Crippen LogP contribution in [0.3, 0.4) is 0 Å². The lowest BCUT2D eigenvalue weighted by atomic mass is 10.1. The molecule has 2 aromatic carbocycles. The van der Waals surface area contributed by atoms with Crippen LogP contribution in [-0.4, -0.2) is 19.3 Å². The molecule has 0 atom stereocenters. The van der Waals surface area contributed by atoms with Gasteiger partial charge >= 0.3 is 5.97 Å². The molecule has 0 saturated heterocycles. The molecule has 0 amide bonds. The summed E-state index contributed by atoms with van der Waals surface area (Å²) in [5.74, 6) is -0.352. The van der Waals surface area contributed by atoms with E-state index in [0.29, 0.717) is 12.2 Å². The highest BCUT2D eigenvalue weighted by Gasteiger charge is 2.04. The van der Waals surface area contributed by atoms with Gasteiger partial charge in [-0.15, -0.1) is 0 Å². The van der Waals surface area contributed by atoms with E-state index in [2.05, 4.69) is 25.8 Å². The largest absolute Gasteiger partial charge is 0.465 e. The standard InChI is InChI=1S/C16H14BrNO3/c1-20-16(19)13-8-6-12(7-9-13)11-21-18-10-14-4-2-3-5-15(14)17/h2-10H,11H2,1H3/b18-10-. The monoisotopic (exact) mass is 347 g/mol. The zero-order chi connectivity index (χ0) is 15.1. The highest BCUT2D eigenvalue weighted by atomic mass is 79.9. The van der Waals surface area contributed by atoms with Crippen molar-refractivity contribution in [2.75, 3.05) is 7.11 Å². The van der Waals surface area contributed by atoms with Crippen LogP contribution in [0.4, 0.5) is 0 Å². The minimum absolute atomic E-state index is 0.336. The molecule has 0 aliphatic rings. The Hall–Kier alpha value is -2.14. The molecule has 5 heteroatoms. The van der Waals surface area contributed by atoms with E-state index < -0.39 is 0 Å². The van der Waals surface area contributed by atoms with E-state index in [9.17, 15) is 4.79 Å². The van der Waals surface area contributed by atoms with Crippen LogP contribution < -0.4 is 0 Å². The fourth-order valence-corrected chi connectivity index (χ4v) is 2.03. The van der Waals surface area contributed by atoms with E-state index in [4.69, 9.17) is 4.84 Å². The maximum Gasteiger partial charge on any atom is 0.337 e. The van der Waals surface area contributed by atoms with Crippen LogP contribution in [0.15, 0.2) is 58.2 Å². The van der Waals surface area contributed by atoms with Crippen molar-refractivity contribution in [2.24, 2.45) is 5.16 Å². The fraction of sp³-hybridized carbons (Fsp3) is 0.125. The van der Waals surface area contributed by atoms with Gasteiger partial charge in [0.1, 0.15) is 6.61 Å². The van der Waals surface area contributed by atoms with Crippen molar-refractivity contribution < 1.29 is 14.4 Å². The average Bonchev–Trinajstić information content (AvgIpc) is 2.53. The number of ether oxygens (including phenoxy) is 1. The van der Waals surface area contributed by atoms with Gasteiger partial charge in [-0.2, -0.15) is 0 Å². The molecule has 0 aliphatic carbocycles. The summed E-state index contributed by atoms with van der Waals surface area (Å²) in [5, 5.41) is 3.92. The number of hydrogen-bond acceptors (Lipinski definition) is 4. The molecule has 0 radical (unpaired) electrons. The van der Waals surface area contributed by atoms with Gasteiger partial charge in [-0.3, -0.25) is 0 Å². The topological polar surface area (TPSA) is 47.9 Å². The Morgan fingerprint density at radius 2 is 1.90 bits per heavy atom. The van der Waals surface area contributed by atoms with Crippen LogP contribution in [-0.2, 0) is 16.2 Å². The quantitative estimate of drug-likeness (QED) is 0.469. The van der Waals surface area contributed by atoms with Gasteiger partial charge in [0.2, 0.25) is 0 Å². The predicted octanol–water partition coefficient (Wildman–Crippen LogP) is 3.79. The van der Waals surface area contributed by atoms with E-state index >= 15 is 0 Å². The molecule has 0 aliphatic heterocycles. The second-order valence-corrected chi connectivity index (χ2v) is 5.07. The number of methoxy groups -OCH3 is 1. The molecule has 0 heterocycles. The SMILES string of the molecule is COC(=O)c1ccc(CO/N=C\c2ccccc2Br)cc1. The van der Waals surface area contributed by atoms with Crippen LogP contribution in [0.25, 0.3) is 0 Å². The van der Waals surface area contributed by atoms with Crippen LogP contribution in [0.5, 0.6) is 0 Å². The molecule has 4 nitrogen and oxygen atoms in total. The summed E-state index contributed by atoms with van der Waals surface area (Å²) >= 11 is 3.43. The van der Waals surface area contributed by atoms with Gasteiger partial charge in [-0.25, -0.2) is 4.79 Å². The smallest absolute Gasteiger partial charge is 0.337 e. The van der Waals surface area contributed by atoms with Gasteiger partial charge in [0.25, 0.3) is 0 Å². The Balaban J connectivity index is 1.89. The Bertz CT molecular complexity index is 638. The first-order valence-electron chi connectivity index (χ1n) is 6.28. The first-order valence-corrected chi connectivity index (χ1v) is 7.07. The highest BCUT2D eigenvalue weighted by molar-refractivity contribution is 9.10. The number of esters is 1. The summed E-state index contributed by atoms with van der Waals surface area (Å²) in [6.07, 6.45) is 1.65. The van der Waals surface area contributed by atoms with Crippen LogP contribution in [0.2, 0.25) is 0 Å². The normalized spacial score (nSPS) is 10.6. The first kappa shape index (κ1) is 15.3. The summed E-state index contributed by atoms with van der Waals surface area (Å²) in [4.78, 5) is 16.5. The second kappa shape index (κ2) is 7.59. The van der Waals surface area contributed by atoms with Crippen molar-refractivity contribution in [1.29, 1.82) is 0 Å². The number of carbonyl (C=O) groups excluding carboxylic acids is 1. The summed E-state index contributed by atoms with van der Waals surface area (Å²) in [7, 11) is 1.36. The third-order valence-electron chi connectivity index (χ3n) is 2.78. The Kier molecular flexibility index (Phi) is 5.51. The molecule has 0 saturated carbocycles. The highest BCUT2D eigenvalue weighted by Crippen LogP contribution is 2.13. The van der Waals surface area contributed by atoms with Crippen molar-refractivity contribution in [3.05, 3.63) is 69.7 Å². The summed E-state index contributed by atoms with van der Waals surface area (Å²) < 4.78 is 5.59. The first-order chi connectivity index (χ1) is 10.2. The van der Waals surface area contributed by atoms with E-state index in [1.807, 2.05) is 24.3 Å². The van der Waals surface area contributed by atoms with Crippen LogP contribution in [0, 0.1) is 0 Å². The van der Waals surface area contributed by atoms with Gasteiger partial charge in [0.05, 0.1) is 18.9 Å². The lowest BCUT2D eigenvalue weighted by Gasteiger charge is -2.02. The van der Waals surface area contributed by atoms with Gasteiger partial charge < -0.3 is 9.57 Å². The van der Waals surface area contributed by atoms with Gasteiger partial charge in [-0.05, 0) is 23.8 Å². The number of halogens is 1. The zero-order valence-electron chi connectivity index (χ0n) is 11.5. The summed E-state index contributed by atoms with van der Waals surface area (Å²) in [6.45, 7) is 0.336. The van der Waals surface area contributed by atoms with Crippen molar-refractivity contribution in [1.82, 2.24) is 0 Å². The number of nitrogens with zero attached hydrogens (tertiary/aromatic N) is 1. The number of oxime groups is 1. The maximum atomic E-state index is 11.3. The van der Waals surface area contributed by atoms with Crippen molar-refractivity contribution in [2.45, 2.75) is 6.61 Å². The van der Waals surface area contributed by atoms with Gasteiger partial charge in [0.15, 0.2) is 0 Å². The molecule has 0 spiro atoms. The molecule has 108 valence electrons. The Morgan fingerprint density at radius 1 is 1.19 bits per heavy atom. The minimum atomic E-state index is -0.352. The van der Waals surface area contributed by atoms with E-state index in [-0.39, 0.29) is 5.97 Å². The number of rotatable bonds is 5. The van der Waals surface area contributed by atoms with Crippen molar-refractivity contribution >= 4 is 28.1 Å². The van der Waals surface area contributed by atoms with Gasteiger partial charge in [-0.1, -0.05) is 51.4 Å². The van der Waals surface area contributed by atoms with Crippen LogP contribution in [0.1, 0.15) is 21.5 Å². The maximum absolute atomic E-state index is 11.3. The van der Waals surface area contributed by atoms with E-state index in [1.165, 1.54) is 7.11 Å². The van der Waals surface area contributed by atoms with E-state index in [1.54, 1.807) is 30.5 Å². The van der Waals surface area contributed by atoms with Gasteiger partial charge in [0, 0.05) is 10.0 Å². The average molecular weight is 348 g/mol. The number of hydrogen-bond donors (Lipinski definition) is 0. The number of carbonyl (C=O) groups is 1. The molecular weight excluding hydrogens is 334 g/mol. The lowest BCUT2D eigenvalue weighted by molar-refractivity contribution is 0.0600. The molecule has 0 unspecified atom stereocenters. The summed E-state index contributed by atoms with van der Waals surface area (Å²) in [5.41, 5.74) is 2.38. The number of benzene rings is 2. The van der Waals surface area contributed by atoms with E-state index in [0.717, 1.165) is 15.6 Å². The van der Waals surface area contributed by atoms with Crippen LogP contribution >= 0.6 is 15.9 Å². The Morgan fingerprint density at radius 3 is 2.57 bits per heavy atom. The lowest BCUT2D eigenvalue weighted by Crippen LogP contribution is -2.01. The molecule has 0 aromatic heterocycles. The molecule has 0 bridgehead atoms.